The van der Waals surface area contributed by atoms with Gasteiger partial charge in [-0.15, -0.1) is 0 Å². The van der Waals surface area contributed by atoms with E-state index >= 15 is 0 Å². The molecule has 5 nitrogen and oxygen atoms in total. The smallest absolute Gasteiger partial charge is 0.308 e. The molecule has 2 fully saturated rings. The van der Waals surface area contributed by atoms with Crippen molar-refractivity contribution in [2.45, 2.75) is 46.1 Å². The van der Waals surface area contributed by atoms with Crippen molar-refractivity contribution in [3.8, 4) is 0 Å². The first kappa shape index (κ1) is 15.1. The number of guanidine groups is 1. The van der Waals surface area contributed by atoms with Gasteiger partial charge in [0.05, 0.1) is 13.0 Å². The van der Waals surface area contributed by atoms with E-state index in [2.05, 4.69) is 36.0 Å². The zero-order chi connectivity index (χ0) is 14.8. The second kappa shape index (κ2) is 6.02. The highest BCUT2D eigenvalue weighted by Gasteiger charge is 2.46. The molecule has 1 N–H and O–H groups in total. The molecule has 0 aromatic rings. The lowest BCUT2D eigenvalue weighted by molar-refractivity contribution is -0.146. The standard InChI is InChI=1S/C15H27N3O2/c1-5-16-14(17-12-10-15(12,2)3)18-8-6-11(7-9-18)13(19)20-4/h11-12H,5-10H2,1-4H3,(H,16,17). The number of carbonyl (C=O) groups is 1. The second-order valence-electron chi connectivity index (χ2n) is 6.47. The van der Waals surface area contributed by atoms with Gasteiger partial charge >= 0.3 is 5.97 Å². The van der Waals surface area contributed by atoms with Crippen LogP contribution in [0.5, 0.6) is 0 Å². The van der Waals surface area contributed by atoms with E-state index in [1.807, 2.05) is 0 Å². The van der Waals surface area contributed by atoms with Gasteiger partial charge in [0.25, 0.3) is 0 Å². The van der Waals surface area contributed by atoms with Crippen LogP contribution in [0.3, 0.4) is 0 Å². The zero-order valence-electron chi connectivity index (χ0n) is 13.1. The summed E-state index contributed by atoms with van der Waals surface area (Å²) in [5, 5.41) is 3.57. The van der Waals surface area contributed by atoms with Crippen LogP contribution in [0.25, 0.3) is 0 Å². The number of piperidine rings is 1. The highest BCUT2D eigenvalue weighted by atomic mass is 16.5. The highest BCUT2D eigenvalue weighted by molar-refractivity contribution is 5.81. The van der Waals surface area contributed by atoms with Crippen molar-refractivity contribution in [1.82, 2.24) is 10.2 Å². The van der Waals surface area contributed by atoms with Gasteiger partial charge in [-0.05, 0) is 31.6 Å². The number of aliphatic imine (C=N–C) groups is 1. The average Bonchev–Trinajstić information content (AvgIpc) is 3.04. The van der Waals surface area contributed by atoms with Gasteiger partial charge in [0.2, 0.25) is 0 Å². The lowest BCUT2D eigenvalue weighted by Crippen LogP contribution is -2.48. The summed E-state index contributed by atoms with van der Waals surface area (Å²) in [6.45, 7) is 9.14. The molecule has 0 aromatic carbocycles. The Morgan fingerprint density at radius 1 is 1.40 bits per heavy atom. The number of likely N-dealkylation sites (tertiary alicyclic amines) is 1. The lowest BCUT2D eigenvalue weighted by atomic mass is 9.97. The largest absolute Gasteiger partial charge is 0.469 e. The van der Waals surface area contributed by atoms with Gasteiger partial charge in [0.1, 0.15) is 0 Å². The maximum absolute atomic E-state index is 11.6. The number of hydrogen-bond donors (Lipinski definition) is 1. The van der Waals surface area contributed by atoms with E-state index < -0.39 is 0 Å². The summed E-state index contributed by atoms with van der Waals surface area (Å²) in [6, 6.07) is 0.533. The molecular formula is C15H27N3O2. The van der Waals surface area contributed by atoms with Gasteiger partial charge < -0.3 is 15.0 Å². The highest BCUT2D eigenvalue weighted by Crippen LogP contribution is 2.44. The molecule has 1 aliphatic carbocycles. The molecular weight excluding hydrogens is 254 g/mol. The van der Waals surface area contributed by atoms with Crippen LogP contribution in [0, 0.1) is 11.3 Å². The molecule has 5 heteroatoms. The maximum Gasteiger partial charge on any atom is 0.308 e. The molecule has 1 saturated heterocycles. The van der Waals surface area contributed by atoms with Crippen LogP contribution in [-0.2, 0) is 9.53 Å². The van der Waals surface area contributed by atoms with Crippen molar-refractivity contribution >= 4 is 11.9 Å². The third kappa shape index (κ3) is 3.44. The Balaban J connectivity index is 1.89. The summed E-state index contributed by atoms with van der Waals surface area (Å²) in [5.41, 5.74) is 0.388. The summed E-state index contributed by atoms with van der Waals surface area (Å²) in [5.74, 6) is 0.984. The molecule has 0 amide bonds. The molecule has 1 saturated carbocycles. The minimum Gasteiger partial charge on any atom is -0.469 e. The van der Waals surface area contributed by atoms with Crippen LogP contribution in [0.15, 0.2) is 4.99 Å². The quantitative estimate of drug-likeness (QED) is 0.485. The summed E-state index contributed by atoms with van der Waals surface area (Å²) in [7, 11) is 1.47. The molecule has 0 spiro atoms. The van der Waals surface area contributed by atoms with Crippen LogP contribution in [0.4, 0.5) is 0 Å². The Hall–Kier alpha value is -1.26. The number of nitrogens with zero attached hydrogens (tertiary/aromatic N) is 2. The zero-order valence-corrected chi connectivity index (χ0v) is 13.1. The van der Waals surface area contributed by atoms with E-state index in [1.54, 1.807) is 0 Å². The average molecular weight is 281 g/mol. The van der Waals surface area contributed by atoms with E-state index in [4.69, 9.17) is 4.74 Å². The third-order valence-electron chi connectivity index (χ3n) is 4.45. The predicted molar refractivity (Wildman–Crippen MR) is 79.6 cm³/mol. The fourth-order valence-electron chi connectivity index (χ4n) is 2.75. The van der Waals surface area contributed by atoms with Crippen molar-refractivity contribution in [3.05, 3.63) is 0 Å². The number of rotatable bonds is 3. The Labute approximate surface area is 121 Å². The maximum atomic E-state index is 11.6. The molecule has 114 valence electrons. The third-order valence-corrected chi connectivity index (χ3v) is 4.45. The first-order valence-electron chi connectivity index (χ1n) is 7.61. The van der Waals surface area contributed by atoms with E-state index in [0.29, 0.717) is 11.5 Å². The molecule has 2 rings (SSSR count). The van der Waals surface area contributed by atoms with Crippen molar-refractivity contribution in [3.63, 3.8) is 0 Å². The number of nitrogens with one attached hydrogen (secondary N) is 1. The number of ether oxygens (including phenoxy) is 1. The minimum atomic E-state index is -0.0742. The molecule has 2 aliphatic rings. The topological polar surface area (TPSA) is 53.9 Å². The Bertz CT molecular complexity index is 385. The molecule has 1 heterocycles. The molecule has 1 unspecified atom stereocenters. The van der Waals surface area contributed by atoms with Crippen molar-refractivity contribution < 1.29 is 9.53 Å². The van der Waals surface area contributed by atoms with Crippen LogP contribution in [-0.4, -0.2) is 49.6 Å². The van der Waals surface area contributed by atoms with Gasteiger partial charge in [-0.2, -0.15) is 0 Å². The van der Waals surface area contributed by atoms with Crippen LogP contribution in [0.2, 0.25) is 0 Å². The molecule has 0 aromatic heterocycles. The van der Waals surface area contributed by atoms with Crippen molar-refractivity contribution in [2.24, 2.45) is 16.3 Å². The molecule has 1 aliphatic heterocycles. The van der Waals surface area contributed by atoms with Crippen LogP contribution < -0.4 is 5.32 Å². The van der Waals surface area contributed by atoms with E-state index in [-0.39, 0.29) is 11.9 Å². The number of esters is 1. The monoisotopic (exact) mass is 281 g/mol. The van der Waals surface area contributed by atoms with E-state index in [1.165, 1.54) is 13.5 Å². The number of methoxy groups -OCH3 is 1. The Morgan fingerprint density at radius 2 is 2.00 bits per heavy atom. The van der Waals surface area contributed by atoms with E-state index in [0.717, 1.165) is 38.4 Å². The van der Waals surface area contributed by atoms with Crippen LogP contribution >= 0.6 is 0 Å². The predicted octanol–water partition coefficient (Wildman–Crippen LogP) is 1.64. The Morgan fingerprint density at radius 3 is 2.45 bits per heavy atom. The second-order valence-corrected chi connectivity index (χ2v) is 6.47. The summed E-state index contributed by atoms with van der Waals surface area (Å²) in [6.07, 6.45) is 2.91. The van der Waals surface area contributed by atoms with Crippen molar-refractivity contribution in [2.75, 3.05) is 26.7 Å². The first-order chi connectivity index (χ1) is 9.47. The van der Waals surface area contributed by atoms with Gasteiger partial charge in [0, 0.05) is 25.7 Å². The van der Waals surface area contributed by atoms with Gasteiger partial charge in [-0.25, -0.2) is 0 Å². The van der Waals surface area contributed by atoms with Gasteiger partial charge in [0.15, 0.2) is 5.96 Å². The molecule has 0 radical (unpaired) electrons. The summed E-state index contributed by atoms with van der Waals surface area (Å²) < 4.78 is 4.83. The number of carbonyl (C=O) groups excluding carboxylic acids is 1. The molecule has 20 heavy (non-hydrogen) atoms. The first-order valence-corrected chi connectivity index (χ1v) is 7.61. The fourth-order valence-corrected chi connectivity index (χ4v) is 2.75. The Kier molecular flexibility index (Phi) is 4.55. The SMILES string of the molecule is CCN=C(NC1CC1(C)C)N1CCC(C(=O)OC)CC1. The van der Waals surface area contributed by atoms with Gasteiger partial charge in [-0.1, -0.05) is 13.8 Å². The lowest BCUT2D eigenvalue weighted by Gasteiger charge is -2.33. The summed E-state index contributed by atoms with van der Waals surface area (Å²) >= 11 is 0. The minimum absolute atomic E-state index is 0.0523. The fraction of sp³-hybridized carbons (Fsp3) is 0.867. The normalized spacial score (nSPS) is 26.3. The number of hydrogen-bond acceptors (Lipinski definition) is 3. The summed E-state index contributed by atoms with van der Waals surface area (Å²) in [4.78, 5) is 18.4. The van der Waals surface area contributed by atoms with Crippen molar-refractivity contribution in [1.29, 1.82) is 0 Å². The van der Waals surface area contributed by atoms with Gasteiger partial charge in [-0.3, -0.25) is 9.79 Å². The molecule has 0 bridgehead atoms. The van der Waals surface area contributed by atoms with Crippen LogP contribution in [0.1, 0.15) is 40.0 Å². The van der Waals surface area contributed by atoms with E-state index in [9.17, 15) is 4.79 Å². The molecule has 1 atom stereocenters.